The van der Waals surface area contributed by atoms with Crippen LogP contribution in [0.15, 0.2) is 24.3 Å². The van der Waals surface area contributed by atoms with Gasteiger partial charge in [-0.1, -0.05) is 38.8 Å². The molecule has 2 atom stereocenters. The van der Waals surface area contributed by atoms with Crippen LogP contribution in [0.2, 0.25) is 0 Å². The Hall–Kier alpha value is -1.23. The molecule has 0 fully saturated rings. The van der Waals surface area contributed by atoms with E-state index in [-0.39, 0.29) is 11.8 Å². The zero-order valence-corrected chi connectivity index (χ0v) is 11.2. The second-order valence-corrected chi connectivity index (χ2v) is 4.85. The molecule has 2 N–H and O–H groups in total. The highest BCUT2D eigenvalue weighted by Crippen LogP contribution is 2.26. The summed E-state index contributed by atoms with van der Waals surface area (Å²) in [5.74, 6) is 0.288. The Morgan fingerprint density at radius 1 is 1.21 bits per heavy atom. The zero-order chi connectivity index (χ0) is 14.5. The molecule has 1 aromatic carbocycles. The van der Waals surface area contributed by atoms with Crippen LogP contribution in [-0.2, 0) is 0 Å². The molecule has 0 bridgehead atoms. The van der Waals surface area contributed by atoms with E-state index in [2.05, 4.69) is 18.6 Å². The third-order valence-electron chi connectivity index (χ3n) is 2.98. The highest BCUT2D eigenvalue weighted by Gasteiger charge is 2.31. The van der Waals surface area contributed by atoms with Gasteiger partial charge in [0.25, 0.3) is 0 Å². The first-order valence-electron chi connectivity index (χ1n) is 6.43. The summed E-state index contributed by atoms with van der Waals surface area (Å²) in [5, 5.41) is 0. The topological polar surface area (TPSA) is 35.2 Å². The smallest absolute Gasteiger partial charge is 0.406 e. The molecule has 0 radical (unpaired) electrons. The van der Waals surface area contributed by atoms with Gasteiger partial charge in [-0.3, -0.25) is 0 Å². The second kappa shape index (κ2) is 6.80. The fourth-order valence-corrected chi connectivity index (χ4v) is 2.10. The molecule has 19 heavy (non-hydrogen) atoms. The van der Waals surface area contributed by atoms with Crippen LogP contribution < -0.4 is 10.5 Å². The largest absolute Gasteiger partial charge is 0.573 e. The van der Waals surface area contributed by atoms with Crippen molar-refractivity contribution in [2.24, 2.45) is 11.7 Å². The highest BCUT2D eigenvalue weighted by atomic mass is 19.4. The normalized spacial score (nSPS) is 15.1. The molecule has 2 unspecified atom stereocenters. The number of halogens is 3. The van der Waals surface area contributed by atoms with Gasteiger partial charge in [-0.15, -0.1) is 13.2 Å². The molecule has 5 heteroatoms. The van der Waals surface area contributed by atoms with Gasteiger partial charge in [-0.25, -0.2) is 0 Å². The van der Waals surface area contributed by atoms with Crippen molar-refractivity contribution in [3.63, 3.8) is 0 Å². The molecule has 0 aromatic heterocycles. The summed E-state index contributed by atoms with van der Waals surface area (Å²) < 4.78 is 39.8. The SMILES string of the molecule is CCCC(C)CC(N)c1ccc(OC(F)(F)F)cc1. The fourth-order valence-electron chi connectivity index (χ4n) is 2.10. The first-order chi connectivity index (χ1) is 8.81. The Kier molecular flexibility index (Phi) is 5.66. The van der Waals surface area contributed by atoms with Gasteiger partial charge in [0, 0.05) is 6.04 Å². The number of ether oxygens (including phenoxy) is 1. The van der Waals surface area contributed by atoms with E-state index >= 15 is 0 Å². The predicted octanol–water partition coefficient (Wildman–Crippen LogP) is 4.41. The van der Waals surface area contributed by atoms with Gasteiger partial charge in [0.05, 0.1) is 0 Å². The van der Waals surface area contributed by atoms with E-state index in [0.29, 0.717) is 5.92 Å². The summed E-state index contributed by atoms with van der Waals surface area (Å²) in [6.45, 7) is 4.25. The monoisotopic (exact) mass is 275 g/mol. The van der Waals surface area contributed by atoms with Crippen LogP contribution in [0.25, 0.3) is 0 Å². The summed E-state index contributed by atoms with van der Waals surface area (Å²) in [7, 11) is 0. The van der Waals surface area contributed by atoms with E-state index in [1.54, 1.807) is 12.1 Å². The van der Waals surface area contributed by atoms with Crippen molar-refractivity contribution in [2.45, 2.75) is 45.5 Å². The molecule has 0 saturated carbocycles. The lowest BCUT2D eigenvalue weighted by Crippen LogP contribution is -2.17. The van der Waals surface area contributed by atoms with Crippen molar-refractivity contribution in [3.05, 3.63) is 29.8 Å². The quantitative estimate of drug-likeness (QED) is 0.834. The van der Waals surface area contributed by atoms with Crippen molar-refractivity contribution in [1.82, 2.24) is 0 Å². The molecule has 0 spiro atoms. The highest BCUT2D eigenvalue weighted by molar-refractivity contribution is 5.29. The van der Waals surface area contributed by atoms with E-state index in [0.717, 1.165) is 24.8 Å². The second-order valence-electron chi connectivity index (χ2n) is 4.85. The molecule has 108 valence electrons. The lowest BCUT2D eigenvalue weighted by atomic mass is 9.93. The zero-order valence-electron chi connectivity index (χ0n) is 11.2. The molecule has 0 aliphatic carbocycles. The van der Waals surface area contributed by atoms with E-state index in [9.17, 15) is 13.2 Å². The number of hydrogen-bond donors (Lipinski definition) is 1. The third-order valence-corrected chi connectivity index (χ3v) is 2.98. The van der Waals surface area contributed by atoms with Crippen LogP contribution in [0.1, 0.15) is 44.7 Å². The van der Waals surface area contributed by atoms with Crippen LogP contribution in [-0.4, -0.2) is 6.36 Å². The van der Waals surface area contributed by atoms with Crippen molar-refractivity contribution in [1.29, 1.82) is 0 Å². The first kappa shape index (κ1) is 15.8. The van der Waals surface area contributed by atoms with Crippen molar-refractivity contribution >= 4 is 0 Å². The van der Waals surface area contributed by atoms with Crippen LogP contribution in [0, 0.1) is 5.92 Å². The molecule has 2 nitrogen and oxygen atoms in total. The number of nitrogens with two attached hydrogens (primary N) is 1. The van der Waals surface area contributed by atoms with Gasteiger partial charge < -0.3 is 10.5 Å². The standard InChI is InChI=1S/C14H20F3NO/c1-3-4-10(2)9-13(18)11-5-7-12(8-6-11)19-14(15,16)17/h5-8,10,13H,3-4,9,18H2,1-2H3. The number of benzene rings is 1. The molecule has 0 heterocycles. The Balaban J connectivity index is 2.60. The van der Waals surface area contributed by atoms with Gasteiger partial charge >= 0.3 is 6.36 Å². The fraction of sp³-hybridized carbons (Fsp3) is 0.571. The lowest BCUT2D eigenvalue weighted by molar-refractivity contribution is -0.274. The van der Waals surface area contributed by atoms with E-state index in [1.165, 1.54) is 12.1 Å². The van der Waals surface area contributed by atoms with E-state index in [1.807, 2.05) is 0 Å². The van der Waals surface area contributed by atoms with E-state index < -0.39 is 6.36 Å². The van der Waals surface area contributed by atoms with Crippen LogP contribution in [0.3, 0.4) is 0 Å². The first-order valence-corrected chi connectivity index (χ1v) is 6.43. The molecule has 1 rings (SSSR count). The Morgan fingerprint density at radius 3 is 2.26 bits per heavy atom. The maximum atomic E-state index is 12.0. The van der Waals surface area contributed by atoms with Crippen molar-refractivity contribution in [3.8, 4) is 5.75 Å². The van der Waals surface area contributed by atoms with Crippen molar-refractivity contribution < 1.29 is 17.9 Å². The minimum atomic E-state index is -4.65. The summed E-state index contributed by atoms with van der Waals surface area (Å²) in [6, 6.07) is 5.62. The Morgan fingerprint density at radius 2 is 1.79 bits per heavy atom. The molecule has 0 saturated heterocycles. The van der Waals surface area contributed by atoms with Gasteiger partial charge in [-0.05, 0) is 30.0 Å². The van der Waals surface area contributed by atoms with Gasteiger partial charge in [0.1, 0.15) is 5.75 Å². The number of alkyl halides is 3. The van der Waals surface area contributed by atoms with Gasteiger partial charge in [0.15, 0.2) is 0 Å². The summed E-state index contributed by atoms with van der Waals surface area (Å²) >= 11 is 0. The van der Waals surface area contributed by atoms with Crippen LogP contribution >= 0.6 is 0 Å². The minimum Gasteiger partial charge on any atom is -0.406 e. The average Bonchev–Trinajstić information content (AvgIpc) is 2.27. The summed E-state index contributed by atoms with van der Waals surface area (Å²) in [5.41, 5.74) is 6.87. The Labute approximate surface area is 111 Å². The van der Waals surface area contributed by atoms with Crippen LogP contribution in [0.5, 0.6) is 5.75 Å². The van der Waals surface area contributed by atoms with Crippen molar-refractivity contribution in [2.75, 3.05) is 0 Å². The van der Waals surface area contributed by atoms with E-state index in [4.69, 9.17) is 5.73 Å². The van der Waals surface area contributed by atoms with Crippen LogP contribution in [0.4, 0.5) is 13.2 Å². The maximum absolute atomic E-state index is 12.0. The maximum Gasteiger partial charge on any atom is 0.573 e. The third kappa shape index (κ3) is 5.96. The predicted molar refractivity (Wildman–Crippen MR) is 68.7 cm³/mol. The van der Waals surface area contributed by atoms with Gasteiger partial charge in [0.2, 0.25) is 0 Å². The molecular formula is C14H20F3NO. The minimum absolute atomic E-state index is 0.151. The average molecular weight is 275 g/mol. The number of hydrogen-bond acceptors (Lipinski definition) is 2. The molecule has 0 amide bonds. The Bertz CT molecular complexity index is 375. The molecular weight excluding hydrogens is 255 g/mol. The molecule has 0 aliphatic heterocycles. The summed E-state index contributed by atoms with van der Waals surface area (Å²) in [4.78, 5) is 0. The van der Waals surface area contributed by atoms with Gasteiger partial charge in [-0.2, -0.15) is 0 Å². The number of rotatable bonds is 6. The lowest BCUT2D eigenvalue weighted by Gasteiger charge is -2.17. The summed E-state index contributed by atoms with van der Waals surface area (Å²) in [6.07, 6.45) is -1.62. The molecule has 0 aliphatic rings. The molecule has 1 aromatic rings.